The highest BCUT2D eigenvalue weighted by atomic mass is 35.5. The van der Waals surface area contributed by atoms with Crippen molar-refractivity contribution in [2.45, 2.75) is 13.5 Å². The van der Waals surface area contributed by atoms with E-state index in [4.69, 9.17) is 34.8 Å². The monoisotopic (exact) mass is 317 g/mol. The van der Waals surface area contributed by atoms with Crippen molar-refractivity contribution in [1.82, 2.24) is 0 Å². The third-order valence-electron chi connectivity index (χ3n) is 2.72. The number of hydrogen-bond donors (Lipinski definition) is 1. The van der Waals surface area contributed by atoms with Gasteiger partial charge in [0, 0.05) is 17.3 Å². The van der Waals surface area contributed by atoms with Gasteiger partial charge >= 0.3 is 0 Å². The lowest BCUT2D eigenvalue weighted by molar-refractivity contribution is 0.629. The Labute approximate surface area is 126 Å². The van der Waals surface area contributed by atoms with E-state index in [9.17, 15) is 4.39 Å². The quantitative estimate of drug-likeness (QED) is 0.715. The highest BCUT2D eigenvalue weighted by molar-refractivity contribution is 6.35. The zero-order chi connectivity index (χ0) is 14.0. The second-order valence-corrected chi connectivity index (χ2v) is 5.41. The highest BCUT2D eigenvalue weighted by Crippen LogP contribution is 2.27. The standard InChI is InChI=1S/C14H11Cl3FN/c1-8-2-3-9(4-11(8)15)7-19-10-5-12(16)14(18)13(17)6-10/h2-6,19H,7H2,1H3. The van der Waals surface area contributed by atoms with Crippen LogP contribution >= 0.6 is 34.8 Å². The van der Waals surface area contributed by atoms with Gasteiger partial charge in [0.05, 0.1) is 10.0 Å². The number of hydrogen-bond acceptors (Lipinski definition) is 1. The van der Waals surface area contributed by atoms with Gasteiger partial charge in [-0.25, -0.2) is 4.39 Å². The Morgan fingerprint density at radius 3 is 2.21 bits per heavy atom. The van der Waals surface area contributed by atoms with Crippen LogP contribution in [0.3, 0.4) is 0 Å². The fourth-order valence-corrected chi connectivity index (χ4v) is 2.30. The predicted octanol–water partition coefficient (Wildman–Crippen LogP) is 5.71. The van der Waals surface area contributed by atoms with E-state index in [2.05, 4.69) is 5.32 Å². The first-order valence-electron chi connectivity index (χ1n) is 5.61. The number of halogens is 4. The van der Waals surface area contributed by atoms with Crippen molar-refractivity contribution in [1.29, 1.82) is 0 Å². The molecule has 2 aromatic rings. The van der Waals surface area contributed by atoms with Gasteiger partial charge in [-0.15, -0.1) is 0 Å². The molecule has 0 saturated carbocycles. The highest BCUT2D eigenvalue weighted by Gasteiger charge is 2.07. The minimum Gasteiger partial charge on any atom is -0.381 e. The van der Waals surface area contributed by atoms with Crippen LogP contribution in [0.1, 0.15) is 11.1 Å². The summed E-state index contributed by atoms with van der Waals surface area (Å²) < 4.78 is 13.3. The predicted molar refractivity (Wildman–Crippen MR) is 79.9 cm³/mol. The van der Waals surface area contributed by atoms with Crippen molar-refractivity contribution in [3.05, 3.63) is 62.3 Å². The van der Waals surface area contributed by atoms with Crippen LogP contribution in [0.25, 0.3) is 0 Å². The van der Waals surface area contributed by atoms with E-state index >= 15 is 0 Å². The number of anilines is 1. The molecule has 0 radical (unpaired) electrons. The van der Waals surface area contributed by atoms with E-state index in [1.807, 2.05) is 25.1 Å². The molecule has 2 rings (SSSR count). The second kappa shape index (κ2) is 6.00. The Morgan fingerprint density at radius 1 is 1.00 bits per heavy atom. The number of nitrogens with one attached hydrogen (secondary N) is 1. The van der Waals surface area contributed by atoms with Gasteiger partial charge in [-0.3, -0.25) is 0 Å². The zero-order valence-corrected chi connectivity index (χ0v) is 12.4. The maximum absolute atomic E-state index is 13.3. The molecule has 0 aromatic heterocycles. The molecule has 2 aromatic carbocycles. The van der Waals surface area contributed by atoms with E-state index in [1.54, 1.807) is 0 Å². The van der Waals surface area contributed by atoms with Crippen LogP contribution < -0.4 is 5.32 Å². The molecule has 100 valence electrons. The summed E-state index contributed by atoms with van der Waals surface area (Å²) in [6, 6.07) is 8.80. The Balaban J connectivity index is 2.12. The zero-order valence-electron chi connectivity index (χ0n) is 10.1. The Bertz CT molecular complexity index is 591. The fourth-order valence-electron chi connectivity index (χ4n) is 1.61. The van der Waals surface area contributed by atoms with Crippen molar-refractivity contribution in [2.24, 2.45) is 0 Å². The maximum Gasteiger partial charge on any atom is 0.160 e. The topological polar surface area (TPSA) is 12.0 Å². The third kappa shape index (κ3) is 3.53. The van der Waals surface area contributed by atoms with Crippen LogP contribution in [-0.2, 0) is 6.54 Å². The first-order valence-corrected chi connectivity index (χ1v) is 6.74. The summed E-state index contributed by atoms with van der Waals surface area (Å²) in [5, 5.41) is 3.83. The maximum atomic E-state index is 13.3. The van der Waals surface area contributed by atoms with Gasteiger partial charge in [0.15, 0.2) is 5.82 Å². The van der Waals surface area contributed by atoms with Crippen molar-refractivity contribution >= 4 is 40.5 Å². The fraction of sp³-hybridized carbons (Fsp3) is 0.143. The number of benzene rings is 2. The lowest BCUT2D eigenvalue weighted by atomic mass is 10.1. The molecule has 0 saturated heterocycles. The van der Waals surface area contributed by atoms with Gasteiger partial charge in [0.25, 0.3) is 0 Å². The SMILES string of the molecule is Cc1ccc(CNc2cc(Cl)c(F)c(Cl)c2)cc1Cl. The van der Waals surface area contributed by atoms with Crippen LogP contribution in [-0.4, -0.2) is 0 Å². The average molecular weight is 319 g/mol. The molecule has 1 N–H and O–H groups in total. The Hall–Kier alpha value is -0.960. The minimum absolute atomic E-state index is 0.00283. The molecule has 0 heterocycles. The smallest absolute Gasteiger partial charge is 0.160 e. The summed E-state index contributed by atoms with van der Waals surface area (Å²) in [7, 11) is 0. The molecule has 1 nitrogen and oxygen atoms in total. The molecule has 0 spiro atoms. The van der Waals surface area contributed by atoms with E-state index in [-0.39, 0.29) is 10.0 Å². The van der Waals surface area contributed by atoms with Crippen molar-refractivity contribution in [2.75, 3.05) is 5.32 Å². The average Bonchev–Trinajstić information content (AvgIpc) is 2.37. The molecule has 5 heteroatoms. The van der Waals surface area contributed by atoms with Crippen LogP contribution in [0.4, 0.5) is 10.1 Å². The molecule has 0 atom stereocenters. The van der Waals surface area contributed by atoms with Crippen LogP contribution in [0.2, 0.25) is 15.1 Å². The summed E-state index contributed by atoms with van der Waals surface area (Å²) in [6.45, 7) is 2.50. The van der Waals surface area contributed by atoms with Crippen LogP contribution in [0, 0.1) is 12.7 Å². The number of aryl methyl sites for hydroxylation is 1. The molecule has 19 heavy (non-hydrogen) atoms. The summed E-state index contributed by atoms with van der Waals surface area (Å²) in [5.74, 6) is -0.604. The first kappa shape index (κ1) is 14.4. The van der Waals surface area contributed by atoms with Gasteiger partial charge < -0.3 is 5.32 Å². The molecule has 0 bridgehead atoms. The van der Waals surface area contributed by atoms with Gasteiger partial charge in [0.1, 0.15) is 0 Å². The van der Waals surface area contributed by atoms with Gasteiger partial charge in [-0.05, 0) is 36.2 Å². The number of rotatable bonds is 3. The molecule has 0 aliphatic heterocycles. The molecule has 0 fully saturated rings. The van der Waals surface area contributed by atoms with Crippen molar-refractivity contribution in [3.63, 3.8) is 0 Å². The normalized spacial score (nSPS) is 10.6. The van der Waals surface area contributed by atoms with Crippen molar-refractivity contribution < 1.29 is 4.39 Å². The molecular weight excluding hydrogens is 308 g/mol. The second-order valence-electron chi connectivity index (χ2n) is 4.19. The molecular formula is C14H11Cl3FN. The van der Waals surface area contributed by atoms with Crippen molar-refractivity contribution in [3.8, 4) is 0 Å². The third-order valence-corrected chi connectivity index (χ3v) is 3.67. The molecule has 0 aliphatic carbocycles. The summed E-state index contributed by atoms with van der Waals surface area (Å²) in [5.41, 5.74) is 2.71. The van der Waals surface area contributed by atoms with E-state index in [0.717, 1.165) is 16.1 Å². The molecule has 0 aliphatic rings. The molecule has 0 unspecified atom stereocenters. The van der Waals surface area contributed by atoms with Gasteiger partial charge in [-0.1, -0.05) is 46.9 Å². The van der Waals surface area contributed by atoms with E-state index in [1.165, 1.54) is 12.1 Å². The van der Waals surface area contributed by atoms with E-state index in [0.29, 0.717) is 12.2 Å². The lowest BCUT2D eigenvalue weighted by Gasteiger charge is -2.09. The summed E-state index contributed by atoms with van der Waals surface area (Å²) in [6.07, 6.45) is 0. The Morgan fingerprint density at radius 2 is 1.63 bits per heavy atom. The summed E-state index contributed by atoms with van der Waals surface area (Å²) in [4.78, 5) is 0. The van der Waals surface area contributed by atoms with Gasteiger partial charge in [0.2, 0.25) is 0 Å². The van der Waals surface area contributed by atoms with E-state index < -0.39 is 5.82 Å². The van der Waals surface area contributed by atoms with Gasteiger partial charge in [-0.2, -0.15) is 0 Å². The summed E-state index contributed by atoms with van der Waals surface area (Å²) >= 11 is 17.5. The minimum atomic E-state index is -0.604. The largest absolute Gasteiger partial charge is 0.381 e. The lowest BCUT2D eigenvalue weighted by Crippen LogP contribution is -2.00. The molecule has 0 amide bonds. The van der Waals surface area contributed by atoms with Crippen LogP contribution in [0.5, 0.6) is 0 Å². The Kier molecular flexibility index (Phi) is 4.56. The van der Waals surface area contributed by atoms with Crippen LogP contribution in [0.15, 0.2) is 30.3 Å². The first-order chi connectivity index (χ1) is 8.97.